The van der Waals surface area contributed by atoms with Crippen molar-refractivity contribution in [2.45, 2.75) is 46.6 Å². The molecule has 2 atom stereocenters. The summed E-state index contributed by atoms with van der Waals surface area (Å²) in [7, 11) is 1.82. The first-order valence-electron chi connectivity index (χ1n) is 10.3. The second-order valence-corrected chi connectivity index (χ2v) is 8.79. The van der Waals surface area contributed by atoms with Crippen LogP contribution in [0.5, 0.6) is 0 Å². The lowest BCUT2D eigenvalue weighted by atomic mass is 9.78. The van der Waals surface area contributed by atoms with Crippen LogP contribution in [0.15, 0.2) is 4.99 Å². The van der Waals surface area contributed by atoms with Crippen LogP contribution >= 0.6 is 0 Å². The molecule has 2 aliphatic heterocycles. The molecule has 0 spiro atoms. The molecule has 2 fully saturated rings. The van der Waals surface area contributed by atoms with Gasteiger partial charge in [-0.15, -0.1) is 0 Å². The summed E-state index contributed by atoms with van der Waals surface area (Å²) in [5.74, 6) is 1.55. The Morgan fingerprint density at radius 3 is 2.48 bits per heavy atom. The number of amides is 1. The maximum atomic E-state index is 11.4. The van der Waals surface area contributed by atoms with Crippen LogP contribution in [0.3, 0.4) is 0 Å². The second kappa shape index (κ2) is 10.3. The van der Waals surface area contributed by atoms with E-state index in [4.69, 9.17) is 4.74 Å². The van der Waals surface area contributed by atoms with Gasteiger partial charge in [-0.1, -0.05) is 20.8 Å². The number of guanidine groups is 1. The molecule has 0 aliphatic carbocycles. The molecule has 0 saturated carbocycles. The van der Waals surface area contributed by atoms with Gasteiger partial charge in [-0.05, 0) is 18.3 Å². The number of ether oxygens (including phenoxy) is 1. The Hall–Kier alpha value is -1.34. The lowest BCUT2D eigenvalue weighted by molar-refractivity contribution is -0.130. The van der Waals surface area contributed by atoms with Crippen LogP contribution in [0.2, 0.25) is 0 Å². The Bertz CT molecular complexity index is 495. The summed E-state index contributed by atoms with van der Waals surface area (Å²) < 4.78 is 6.07. The Kier molecular flexibility index (Phi) is 8.35. The van der Waals surface area contributed by atoms with Crippen molar-refractivity contribution in [1.82, 2.24) is 20.4 Å². The molecular weight excluding hydrogens is 342 g/mol. The molecule has 0 bridgehead atoms. The predicted octanol–water partition coefficient (Wildman–Crippen LogP) is 1.16. The van der Waals surface area contributed by atoms with Gasteiger partial charge in [0.2, 0.25) is 5.91 Å². The molecule has 2 N–H and O–H groups in total. The largest absolute Gasteiger partial charge is 0.377 e. The molecule has 0 aromatic rings. The standard InChI is InChI=1S/C20H39N5O2/c1-16(26)25-12-10-24(11-13-25)9-8-22-19(21-5)23-15-17-7-6-14-27-18(17)20(2,3)4/h17-18H,6-15H2,1-5H3,(H2,21,22,23). The highest BCUT2D eigenvalue weighted by atomic mass is 16.5. The Morgan fingerprint density at radius 2 is 1.89 bits per heavy atom. The number of nitrogens with zero attached hydrogens (tertiary/aromatic N) is 3. The first-order chi connectivity index (χ1) is 12.8. The zero-order chi connectivity index (χ0) is 19.9. The molecule has 27 heavy (non-hydrogen) atoms. The summed E-state index contributed by atoms with van der Waals surface area (Å²) in [6, 6.07) is 0. The van der Waals surface area contributed by atoms with Gasteiger partial charge in [0.25, 0.3) is 0 Å². The van der Waals surface area contributed by atoms with Crippen LogP contribution in [-0.2, 0) is 9.53 Å². The molecule has 2 saturated heterocycles. The monoisotopic (exact) mass is 381 g/mol. The number of hydrogen-bond acceptors (Lipinski definition) is 4. The van der Waals surface area contributed by atoms with E-state index < -0.39 is 0 Å². The number of hydrogen-bond donors (Lipinski definition) is 2. The molecule has 1 amide bonds. The summed E-state index contributed by atoms with van der Waals surface area (Å²) in [6.45, 7) is 15.6. The van der Waals surface area contributed by atoms with E-state index in [1.165, 1.54) is 6.42 Å². The van der Waals surface area contributed by atoms with Crippen molar-refractivity contribution in [3.05, 3.63) is 0 Å². The highest BCUT2D eigenvalue weighted by Gasteiger charge is 2.35. The summed E-state index contributed by atoms with van der Waals surface area (Å²) in [5.41, 5.74) is 0.158. The van der Waals surface area contributed by atoms with Gasteiger partial charge in [0.05, 0.1) is 6.10 Å². The van der Waals surface area contributed by atoms with Gasteiger partial charge >= 0.3 is 0 Å². The first-order valence-corrected chi connectivity index (χ1v) is 10.3. The molecule has 7 heteroatoms. The summed E-state index contributed by atoms with van der Waals surface area (Å²) in [6.07, 6.45) is 2.62. The van der Waals surface area contributed by atoms with Gasteiger partial charge < -0.3 is 20.3 Å². The minimum atomic E-state index is 0.158. The highest BCUT2D eigenvalue weighted by molar-refractivity contribution is 5.79. The van der Waals surface area contributed by atoms with E-state index in [1.807, 2.05) is 11.9 Å². The van der Waals surface area contributed by atoms with Gasteiger partial charge in [0.1, 0.15) is 0 Å². The summed E-state index contributed by atoms with van der Waals surface area (Å²) in [4.78, 5) is 20.1. The van der Waals surface area contributed by atoms with Crippen LogP contribution in [0, 0.1) is 11.3 Å². The van der Waals surface area contributed by atoms with Gasteiger partial charge in [-0.2, -0.15) is 0 Å². The molecule has 2 aliphatic rings. The number of carbonyl (C=O) groups is 1. The summed E-state index contributed by atoms with van der Waals surface area (Å²) >= 11 is 0. The van der Waals surface area contributed by atoms with Gasteiger partial charge in [-0.25, -0.2) is 0 Å². The minimum absolute atomic E-state index is 0.158. The van der Waals surface area contributed by atoms with Gasteiger partial charge in [-0.3, -0.25) is 14.7 Å². The molecule has 0 aromatic heterocycles. The molecule has 2 rings (SSSR count). The number of aliphatic imine (C=N–C) groups is 1. The number of nitrogens with one attached hydrogen (secondary N) is 2. The molecule has 0 radical (unpaired) electrons. The fourth-order valence-corrected chi connectivity index (χ4v) is 4.08. The second-order valence-electron chi connectivity index (χ2n) is 8.79. The summed E-state index contributed by atoms with van der Waals surface area (Å²) in [5, 5.41) is 6.91. The van der Waals surface area contributed by atoms with Crippen LogP contribution < -0.4 is 10.6 Å². The minimum Gasteiger partial charge on any atom is -0.377 e. The van der Waals surface area contributed by atoms with Crippen LogP contribution in [0.1, 0.15) is 40.5 Å². The lowest BCUT2D eigenvalue weighted by Gasteiger charge is -2.40. The van der Waals surface area contributed by atoms with E-state index in [0.717, 1.165) is 64.8 Å². The van der Waals surface area contributed by atoms with Gasteiger partial charge in [0.15, 0.2) is 5.96 Å². The Labute approximate surface area is 164 Å². The number of piperazine rings is 1. The van der Waals surface area contributed by atoms with Crippen LogP contribution in [-0.4, -0.2) is 87.2 Å². The van der Waals surface area contributed by atoms with E-state index in [1.54, 1.807) is 6.92 Å². The van der Waals surface area contributed by atoms with Crippen molar-refractivity contribution in [3.63, 3.8) is 0 Å². The SMILES string of the molecule is CN=C(NCCN1CCN(C(C)=O)CC1)NCC1CCCOC1C(C)(C)C. The van der Waals surface area contributed by atoms with E-state index in [2.05, 4.69) is 41.3 Å². The molecule has 0 aromatic carbocycles. The van der Waals surface area contributed by atoms with E-state index >= 15 is 0 Å². The molecule has 2 heterocycles. The predicted molar refractivity (Wildman–Crippen MR) is 110 cm³/mol. The average Bonchev–Trinajstić information content (AvgIpc) is 2.64. The Balaban J connectivity index is 1.69. The molecule has 2 unspecified atom stereocenters. The van der Waals surface area contributed by atoms with Crippen molar-refractivity contribution in [1.29, 1.82) is 0 Å². The topological polar surface area (TPSA) is 69.2 Å². The zero-order valence-electron chi connectivity index (χ0n) is 17.9. The van der Waals surface area contributed by atoms with E-state index in [-0.39, 0.29) is 17.4 Å². The van der Waals surface area contributed by atoms with Crippen molar-refractivity contribution >= 4 is 11.9 Å². The number of rotatable bonds is 5. The smallest absolute Gasteiger partial charge is 0.219 e. The quantitative estimate of drug-likeness (QED) is 0.552. The Morgan fingerprint density at radius 1 is 1.19 bits per heavy atom. The zero-order valence-corrected chi connectivity index (χ0v) is 17.9. The maximum Gasteiger partial charge on any atom is 0.219 e. The molecular formula is C20H39N5O2. The van der Waals surface area contributed by atoms with Crippen molar-refractivity contribution in [2.75, 3.05) is 59.5 Å². The number of carbonyl (C=O) groups excluding carboxylic acids is 1. The third kappa shape index (κ3) is 6.96. The lowest BCUT2D eigenvalue weighted by Crippen LogP contribution is -2.51. The van der Waals surface area contributed by atoms with Crippen molar-refractivity contribution in [2.24, 2.45) is 16.3 Å². The van der Waals surface area contributed by atoms with Crippen molar-refractivity contribution in [3.8, 4) is 0 Å². The third-order valence-corrected chi connectivity index (χ3v) is 5.59. The van der Waals surface area contributed by atoms with Gasteiger partial charge in [0, 0.05) is 72.3 Å². The average molecular weight is 382 g/mol. The maximum absolute atomic E-state index is 11.4. The van der Waals surface area contributed by atoms with Crippen molar-refractivity contribution < 1.29 is 9.53 Å². The molecule has 156 valence electrons. The van der Waals surface area contributed by atoms with E-state index in [0.29, 0.717) is 5.92 Å². The van der Waals surface area contributed by atoms with Crippen LogP contribution in [0.25, 0.3) is 0 Å². The van der Waals surface area contributed by atoms with E-state index in [9.17, 15) is 4.79 Å². The first kappa shape index (κ1) is 22.0. The highest BCUT2D eigenvalue weighted by Crippen LogP contribution is 2.33. The van der Waals surface area contributed by atoms with Crippen LogP contribution in [0.4, 0.5) is 0 Å². The third-order valence-electron chi connectivity index (χ3n) is 5.59. The normalized spacial score (nSPS) is 25.4. The fraction of sp³-hybridized carbons (Fsp3) is 0.900. The molecule has 7 nitrogen and oxygen atoms in total. The fourth-order valence-electron chi connectivity index (χ4n) is 4.08.